The third-order valence-corrected chi connectivity index (χ3v) is 4.16. The zero-order valence-electron chi connectivity index (χ0n) is 14.6. The van der Waals surface area contributed by atoms with Crippen LogP contribution in [0.5, 0.6) is 5.75 Å². The average Bonchev–Trinajstić information content (AvgIpc) is 2.69. The molecule has 0 unspecified atom stereocenters. The van der Waals surface area contributed by atoms with Gasteiger partial charge < -0.3 is 15.8 Å². The molecule has 0 aliphatic carbocycles. The third-order valence-electron chi connectivity index (χ3n) is 3.82. The first kappa shape index (κ1) is 18.5. The van der Waals surface area contributed by atoms with E-state index < -0.39 is 0 Å². The van der Waals surface area contributed by atoms with Crippen LogP contribution in [0.3, 0.4) is 0 Å². The SMILES string of the molecule is Nc1cc(NC(=O)/C=C/c2ccc(OCc3ccccc3)cc2)ccc1Cl. The van der Waals surface area contributed by atoms with Crippen LogP contribution in [0.15, 0.2) is 78.9 Å². The van der Waals surface area contributed by atoms with Crippen LogP contribution in [0.2, 0.25) is 5.02 Å². The first-order valence-corrected chi connectivity index (χ1v) is 8.79. The number of nitrogens with one attached hydrogen (secondary N) is 1. The third kappa shape index (κ3) is 5.62. The first-order chi connectivity index (χ1) is 13.1. The summed E-state index contributed by atoms with van der Waals surface area (Å²) in [4.78, 5) is 12.0. The normalized spacial score (nSPS) is 10.7. The van der Waals surface area contributed by atoms with Crippen LogP contribution in [0.1, 0.15) is 11.1 Å². The van der Waals surface area contributed by atoms with Crippen LogP contribution < -0.4 is 15.8 Å². The van der Waals surface area contributed by atoms with Gasteiger partial charge in [0.05, 0.1) is 10.7 Å². The van der Waals surface area contributed by atoms with Gasteiger partial charge in [-0.05, 0) is 47.5 Å². The maximum Gasteiger partial charge on any atom is 0.248 e. The molecule has 0 bridgehead atoms. The van der Waals surface area contributed by atoms with Gasteiger partial charge in [-0.25, -0.2) is 0 Å². The van der Waals surface area contributed by atoms with E-state index in [0.29, 0.717) is 23.0 Å². The molecule has 0 saturated heterocycles. The monoisotopic (exact) mass is 378 g/mol. The van der Waals surface area contributed by atoms with Crippen molar-refractivity contribution in [2.75, 3.05) is 11.1 Å². The van der Waals surface area contributed by atoms with Crippen LogP contribution in [0, 0.1) is 0 Å². The van der Waals surface area contributed by atoms with Crippen molar-refractivity contribution < 1.29 is 9.53 Å². The minimum absolute atomic E-state index is 0.249. The maximum atomic E-state index is 12.0. The fourth-order valence-corrected chi connectivity index (χ4v) is 2.51. The smallest absolute Gasteiger partial charge is 0.248 e. The van der Waals surface area contributed by atoms with Gasteiger partial charge >= 0.3 is 0 Å². The van der Waals surface area contributed by atoms with Gasteiger partial charge in [-0.2, -0.15) is 0 Å². The Morgan fingerprint density at radius 1 is 1.04 bits per heavy atom. The lowest BCUT2D eigenvalue weighted by Gasteiger charge is -2.06. The van der Waals surface area contributed by atoms with E-state index in [1.165, 1.54) is 6.08 Å². The number of benzene rings is 3. The van der Waals surface area contributed by atoms with Crippen LogP contribution in [-0.4, -0.2) is 5.91 Å². The molecule has 136 valence electrons. The fraction of sp³-hybridized carbons (Fsp3) is 0.0455. The molecule has 1 amide bonds. The summed E-state index contributed by atoms with van der Waals surface area (Å²) in [7, 11) is 0. The van der Waals surface area contributed by atoms with Gasteiger partial charge in [0.1, 0.15) is 12.4 Å². The van der Waals surface area contributed by atoms with Crippen LogP contribution in [0.4, 0.5) is 11.4 Å². The fourth-order valence-electron chi connectivity index (χ4n) is 2.39. The number of rotatable bonds is 6. The van der Waals surface area contributed by atoms with E-state index in [4.69, 9.17) is 22.1 Å². The van der Waals surface area contributed by atoms with Crippen molar-refractivity contribution in [2.24, 2.45) is 0 Å². The van der Waals surface area contributed by atoms with Crippen molar-refractivity contribution in [3.8, 4) is 5.75 Å². The van der Waals surface area contributed by atoms with Gasteiger partial charge in [-0.15, -0.1) is 0 Å². The second-order valence-corrected chi connectivity index (χ2v) is 6.31. The minimum atomic E-state index is -0.249. The molecule has 5 heteroatoms. The second-order valence-electron chi connectivity index (χ2n) is 5.90. The molecule has 0 atom stereocenters. The summed E-state index contributed by atoms with van der Waals surface area (Å²) in [6.45, 7) is 0.517. The van der Waals surface area contributed by atoms with Crippen molar-refractivity contribution >= 4 is 35.0 Å². The minimum Gasteiger partial charge on any atom is -0.489 e. The highest BCUT2D eigenvalue weighted by Gasteiger charge is 2.01. The number of ether oxygens (including phenoxy) is 1. The van der Waals surface area contributed by atoms with E-state index in [-0.39, 0.29) is 5.91 Å². The molecule has 3 aromatic rings. The Balaban J connectivity index is 1.53. The number of hydrogen-bond acceptors (Lipinski definition) is 3. The number of nitrogen functional groups attached to an aromatic ring is 1. The highest BCUT2D eigenvalue weighted by Crippen LogP contribution is 2.22. The molecular formula is C22H19ClN2O2. The van der Waals surface area contributed by atoms with Crippen LogP contribution in [0.25, 0.3) is 6.08 Å². The Hall–Kier alpha value is -3.24. The molecule has 3 N–H and O–H groups in total. The van der Waals surface area contributed by atoms with Crippen molar-refractivity contribution in [3.63, 3.8) is 0 Å². The molecule has 0 spiro atoms. The number of halogens is 1. The van der Waals surface area contributed by atoms with Crippen molar-refractivity contribution in [1.82, 2.24) is 0 Å². The van der Waals surface area contributed by atoms with Crippen molar-refractivity contribution in [2.45, 2.75) is 6.61 Å². The number of amides is 1. The largest absolute Gasteiger partial charge is 0.489 e. The molecule has 4 nitrogen and oxygen atoms in total. The predicted octanol–water partition coefficient (Wildman–Crippen LogP) is 5.15. The van der Waals surface area contributed by atoms with E-state index in [1.807, 2.05) is 54.6 Å². The Bertz CT molecular complexity index is 938. The molecule has 0 fully saturated rings. The Morgan fingerprint density at radius 2 is 1.78 bits per heavy atom. The quantitative estimate of drug-likeness (QED) is 0.460. The summed E-state index contributed by atoms with van der Waals surface area (Å²) in [6, 6.07) is 22.5. The van der Waals surface area contributed by atoms with Gasteiger partial charge in [0.25, 0.3) is 0 Å². The summed E-state index contributed by atoms with van der Waals surface area (Å²) in [5.41, 5.74) is 8.75. The number of hydrogen-bond donors (Lipinski definition) is 2. The summed E-state index contributed by atoms with van der Waals surface area (Å²) in [5.74, 6) is 0.526. The number of carbonyl (C=O) groups excluding carboxylic acids is 1. The standard InChI is InChI=1S/C22H19ClN2O2/c23-20-12-9-18(14-21(20)24)25-22(26)13-8-16-6-10-19(11-7-16)27-15-17-4-2-1-3-5-17/h1-14H,15,24H2,(H,25,26)/b13-8+. The van der Waals surface area contributed by atoms with E-state index >= 15 is 0 Å². The topological polar surface area (TPSA) is 64.3 Å². The van der Waals surface area contributed by atoms with Crippen LogP contribution in [-0.2, 0) is 11.4 Å². The Labute approximate surface area is 163 Å². The second kappa shape index (κ2) is 8.92. The lowest BCUT2D eigenvalue weighted by atomic mass is 10.2. The highest BCUT2D eigenvalue weighted by molar-refractivity contribution is 6.33. The molecule has 0 aliphatic rings. The predicted molar refractivity (Wildman–Crippen MR) is 111 cm³/mol. The molecular weight excluding hydrogens is 360 g/mol. The maximum absolute atomic E-state index is 12.0. The molecule has 0 heterocycles. The van der Waals surface area contributed by atoms with E-state index in [2.05, 4.69) is 5.32 Å². The summed E-state index contributed by atoms with van der Waals surface area (Å²) >= 11 is 5.87. The molecule has 3 aromatic carbocycles. The van der Waals surface area contributed by atoms with E-state index in [9.17, 15) is 4.79 Å². The van der Waals surface area contributed by atoms with Gasteiger partial charge in [0, 0.05) is 11.8 Å². The lowest BCUT2D eigenvalue weighted by Crippen LogP contribution is -2.07. The Kier molecular flexibility index (Phi) is 6.13. The summed E-state index contributed by atoms with van der Waals surface area (Å²) in [5, 5.41) is 3.20. The summed E-state index contributed by atoms with van der Waals surface area (Å²) in [6.07, 6.45) is 3.19. The van der Waals surface area contributed by atoms with Crippen molar-refractivity contribution in [1.29, 1.82) is 0 Å². The summed E-state index contributed by atoms with van der Waals surface area (Å²) < 4.78 is 5.75. The molecule has 0 radical (unpaired) electrons. The molecule has 3 rings (SSSR count). The van der Waals surface area contributed by atoms with Gasteiger partial charge in [0.15, 0.2) is 0 Å². The van der Waals surface area contributed by atoms with Gasteiger partial charge in [0.2, 0.25) is 5.91 Å². The zero-order valence-corrected chi connectivity index (χ0v) is 15.3. The number of anilines is 2. The zero-order chi connectivity index (χ0) is 19.1. The molecule has 0 aromatic heterocycles. The number of carbonyl (C=O) groups is 1. The van der Waals surface area contributed by atoms with Gasteiger partial charge in [-0.3, -0.25) is 4.79 Å². The van der Waals surface area contributed by atoms with Gasteiger partial charge in [-0.1, -0.05) is 54.1 Å². The first-order valence-electron chi connectivity index (χ1n) is 8.41. The Morgan fingerprint density at radius 3 is 2.48 bits per heavy atom. The molecule has 27 heavy (non-hydrogen) atoms. The van der Waals surface area contributed by atoms with Crippen molar-refractivity contribution in [3.05, 3.63) is 95.0 Å². The molecule has 0 saturated carbocycles. The van der Waals surface area contributed by atoms with E-state index in [0.717, 1.165) is 16.9 Å². The number of nitrogens with two attached hydrogens (primary N) is 1. The average molecular weight is 379 g/mol. The lowest BCUT2D eigenvalue weighted by molar-refractivity contribution is -0.111. The highest BCUT2D eigenvalue weighted by atomic mass is 35.5. The van der Waals surface area contributed by atoms with Crippen LogP contribution >= 0.6 is 11.6 Å². The molecule has 0 aliphatic heterocycles. The van der Waals surface area contributed by atoms with E-state index in [1.54, 1.807) is 24.3 Å².